The van der Waals surface area contributed by atoms with E-state index in [0.29, 0.717) is 33.7 Å². The molecule has 1 aliphatic heterocycles. The van der Waals surface area contributed by atoms with Crippen molar-refractivity contribution in [3.63, 3.8) is 0 Å². The van der Waals surface area contributed by atoms with Crippen molar-refractivity contribution >= 4 is 33.9 Å². The summed E-state index contributed by atoms with van der Waals surface area (Å²) < 4.78 is 13.3. The van der Waals surface area contributed by atoms with E-state index in [9.17, 15) is 0 Å². The van der Waals surface area contributed by atoms with Gasteiger partial charge in [-0.1, -0.05) is 30.6 Å². The molecule has 12 heteroatoms. The van der Waals surface area contributed by atoms with Crippen molar-refractivity contribution in [3.8, 4) is 16.6 Å². The van der Waals surface area contributed by atoms with Crippen molar-refractivity contribution in [3.05, 3.63) is 29.6 Å². The van der Waals surface area contributed by atoms with Gasteiger partial charge in [0.1, 0.15) is 22.6 Å². The standard InChI is InChI=1S/C20H23ClN8O2S/c1-11(2)17-25-18(31-27-17)28-6-4-13(5-7-28)12(3)30-20-26-29-10-15(24-19(29)32-20)14-8-23-16(21)9-22-14/h8-13H,4-7H2,1-3H3/t12-/m1/s1. The normalized spacial score (nSPS) is 16.2. The molecular weight excluding hydrogens is 452 g/mol. The molecule has 1 saturated heterocycles. The molecule has 0 bridgehead atoms. The minimum Gasteiger partial charge on any atom is -0.466 e. The summed E-state index contributed by atoms with van der Waals surface area (Å²) in [7, 11) is 0. The van der Waals surface area contributed by atoms with Crippen LogP contribution in [0.2, 0.25) is 5.15 Å². The van der Waals surface area contributed by atoms with Crippen LogP contribution in [0.25, 0.3) is 16.3 Å². The SMILES string of the molecule is CC(C)c1noc(N2CCC([C@@H](C)Oc3nn4cc(-c5cnc(Cl)cn5)nc4s3)CC2)n1. The van der Waals surface area contributed by atoms with E-state index in [-0.39, 0.29) is 12.0 Å². The van der Waals surface area contributed by atoms with E-state index in [1.54, 1.807) is 10.7 Å². The van der Waals surface area contributed by atoms with Crippen LogP contribution >= 0.6 is 22.9 Å². The molecule has 32 heavy (non-hydrogen) atoms. The molecule has 0 unspecified atom stereocenters. The number of ether oxygens (including phenoxy) is 1. The number of anilines is 1. The van der Waals surface area contributed by atoms with Gasteiger partial charge in [0.05, 0.1) is 18.6 Å². The largest absolute Gasteiger partial charge is 0.466 e. The fraction of sp³-hybridized carbons (Fsp3) is 0.500. The van der Waals surface area contributed by atoms with Crippen LogP contribution in [0.15, 0.2) is 23.1 Å². The summed E-state index contributed by atoms with van der Waals surface area (Å²) in [5.41, 5.74) is 1.35. The van der Waals surface area contributed by atoms with Crippen molar-refractivity contribution in [2.75, 3.05) is 18.0 Å². The zero-order chi connectivity index (χ0) is 22.2. The fourth-order valence-electron chi connectivity index (χ4n) is 3.70. The Labute approximate surface area is 193 Å². The maximum Gasteiger partial charge on any atom is 0.324 e. The second kappa shape index (κ2) is 8.62. The molecule has 0 aromatic carbocycles. The van der Waals surface area contributed by atoms with Gasteiger partial charge in [-0.05, 0) is 37.0 Å². The smallest absolute Gasteiger partial charge is 0.324 e. The Bertz CT molecular complexity index is 1160. The molecule has 168 valence electrons. The summed E-state index contributed by atoms with van der Waals surface area (Å²) >= 11 is 7.21. The van der Waals surface area contributed by atoms with Crippen LogP contribution in [-0.2, 0) is 0 Å². The van der Waals surface area contributed by atoms with E-state index in [1.807, 2.05) is 6.20 Å². The number of hydrogen-bond acceptors (Lipinski definition) is 10. The van der Waals surface area contributed by atoms with Gasteiger partial charge in [0.25, 0.3) is 5.19 Å². The molecular formula is C20H23ClN8O2S. The third-order valence-electron chi connectivity index (χ3n) is 5.62. The van der Waals surface area contributed by atoms with Gasteiger partial charge in [0.15, 0.2) is 5.82 Å². The molecule has 5 rings (SSSR count). The van der Waals surface area contributed by atoms with Gasteiger partial charge in [-0.3, -0.25) is 0 Å². The van der Waals surface area contributed by atoms with Crippen LogP contribution in [-0.4, -0.2) is 53.9 Å². The van der Waals surface area contributed by atoms with E-state index in [0.717, 1.165) is 36.7 Å². The van der Waals surface area contributed by atoms with E-state index in [4.69, 9.17) is 20.9 Å². The Morgan fingerprint density at radius 1 is 1.12 bits per heavy atom. The summed E-state index contributed by atoms with van der Waals surface area (Å²) in [6.45, 7) is 7.95. The van der Waals surface area contributed by atoms with E-state index in [1.165, 1.54) is 17.5 Å². The topological polar surface area (TPSA) is 107 Å². The first-order chi connectivity index (χ1) is 15.5. The molecule has 0 spiro atoms. The maximum atomic E-state index is 6.17. The third-order valence-corrected chi connectivity index (χ3v) is 6.62. The van der Waals surface area contributed by atoms with Crippen LogP contribution in [0.1, 0.15) is 45.4 Å². The van der Waals surface area contributed by atoms with Crippen molar-refractivity contribution in [2.45, 2.75) is 45.6 Å². The van der Waals surface area contributed by atoms with Crippen molar-refractivity contribution in [1.82, 2.24) is 34.7 Å². The summed E-state index contributed by atoms with van der Waals surface area (Å²) in [6, 6.07) is 0.614. The van der Waals surface area contributed by atoms with Gasteiger partial charge in [-0.25, -0.2) is 19.5 Å². The predicted molar refractivity (Wildman–Crippen MR) is 120 cm³/mol. The Balaban J connectivity index is 1.19. The van der Waals surface area contributed by atoms with Crippen molar-refractivity contribution in [1.29, 1.82) is 0 Å². The lowest BCUT2D eigenvalue weighted by atomic mass is 9.92. The first kappa shape index (κ1) is 21.1. The summed E-state index contributed by atoms with van der Waals surface area (Å²) in [5.74, 6) is 1.43. The van der Waals surface area contributed by atoms with Crippen molar-refractivity contribution in [2.24, 2.45) is 5.92 Å². The highest BCUT2D eigenvalue weighted by molar-refractivity contribution is 7.18. The summed E-state index contributed by atoms with van der Waals surface area (Å²) in [6.07, 6.45) is 6.93. The molecule has 4 aromatic rings. The average molecular weight is 475 g/mol. The van der Waals surface area contributed by atoms with Gasteiger partial charge in [0.2, 0.25) is 4.96 Å². The number of aromatic nitrogens is 7. The van der Waals surface area contributed by atoms with E-state index >= 15 is 0 Å². The van der Waals surface area contributed by atoms with Gasteiger partial charge >= 0.3 is 6.01 Å². The zero-order valence-electron chi connectivity index (χ0n) is 18.0. The second-order valence-corrected chi connectivity index (χ2v) is 9.49. The molecule has 0 amide bonds. The monoisotopic (exact) mass is 474 g/mol. The highest BCUT2D eigenvalue weighted by Gasteiger charge is 2.28. The van der Waals surface area contributed by atoms with E-state index in [2.05, 4.69) is 55.9 Å². The molecule has 5 heterocycles. The average Bonchev–Trinajstić information content (AvgIpc) is 3.49. The van der Waals surface area contributed by atoms with Crippen LogP contribution < -0.4 is 9.64 Å². The van der Waals surface area contributed by atoms with Crippen molar-refractivity contribution < 1.29 is 9.26 Å². The molecule has 0 radical (unpaired) electrons. The number of piperidine rings is 1. The second-order valence-electron chi connectivity index (χ2n) is 8.18. The first-order valence-corrected chi connectivity index (χ1v) is 11.7. The minimum atomic E-state index is 0.0449. The lowest BCUT2D eigenvalue weighted by molar-refractivity contribution is 0.130. The van der Waals surface area contributed by atoms with Gasteiger partial charge in [-0.15, -0.1) is 5.10 Å². The number of nitrogens with zero attached hydrogens (tertiary/aromatic N) is 8. The molecule has 0 saturated carbocycles. The number of imidazole rings is 1. The Morgan fingerprint density at radius 3 is 2.59 bits per heavy atom. The fourth-order valence-corrected chi connectivity index (χ4v) is 4.62. The molecule has 1 aliphatic rings. The lowest BCUT2D eigenvalue weighted by Crippen LogP contribution is -2.38. The number of rotatable bonds is 6. The molecule has 0 aliphatic carbocycles. The third kappa shape index (κ3) is 4.26. The number of fused-ring (bicyclic) bond motifs is 1. The van der Waals surface area contributed by atoms with Crippen LogP contribution in [0.4, 0.5) is 6.01 Å². The number of hydrogen-bond donors (Lipinski definition) is 0. The molecule has 1 atom stereocenters. The van der Waals surface area contributed by atoms with Crippen LogP contribution in [0.5, 0.6) is 5.19 Å². The van der Waals surface area contributed by atoms with Gasteiger partial charge in [0, 0.05) is 19.0 Å². The maximum absolute atomic E-state index is 6.17. The molecule has 0 N–H and O–H groups in total. The van der Waals surface area contributed by atoms with Crippen LogP contribution in [0.3, 0.4) is 0 Å². The van der Waals surface area contributed by atoms with Gasteiger partial charge < -0.3 is 14.2 Å². The van der Waals surface area contributed by atoms with E-state index < -0.39 is 0 Å². The Kier molecular flexibility index (Phi) is 5.68. The quantitative estimate of drug-likeness (QED) is 0.408. The Hall–Kier alpha value is -2.79. The predicted octanol–water partition coefficient (Wildman–Crippen LogP) is 4.09. The first-order valence-electron chi connectivity index (χ1n) is 10.6. The van der Waals surface area contributed by atoms with Crippen LogP contribution in [0, 0.1) is 5.92 Å². The van der Waals surface area contributed by atoms with Gasteiger partial charge in [-0.2, -0.15) is 4.98 Å². The number of halogens is 1. The highest BCUT2D eigenvalue weighted by atomic mass is 35.5. The highest BCUT2D eigenvalue weighted by Crippen LogP contribution is 2.30. The zero-order valence-corrected chi connectivity index (χ0v) is 19.5. The summed E-state index contributed by atoms with van der Waals surface area (Å²) in [5, 5.41) is 9.54. The Morgan fingerprint density at radius 2 is 1.94 bits per heavy atom. The summed E-state index contributed by atoms with van der Waals surface area (Å²) in [4.78, 5) is 20.3. The minimum absolute atomic E-state index is 0.0449. The molecule has 10 nitrogen and oxygen atoms in total. The lowest BCUT2D eigenvalue weighted by Gasteiger charge is -2.33. The molecule has 4 aromatic heterocycles. The molecule has 1 fully saturated rings.